The van der Waals surface area contributed by atoms with Crippen molar-refractivity contribution in [3.8, 4) is 11.5 Å². The summed E-state index contributed by atoms with van der Waals surface area (Å²) in [6, 6.07) is 17.3. The average molecular weight is 371 g/mol. The quantitative estimate of drug-likeness (QED) is 0.640. The van der Waals surface area contributed by atoms with Crippen molar-refractivity contribution in [1.29, 1.82) is 0 Å². The van der Waals surface area contributed by atoms with Crippen molar-refractivity contribution in [3.63, 3.8) is 0 Å². The summed E-state index contributed by atoms with van der Waals surface area (Å²) in [6.45, 7) is 1.81. The molecular formula is C18H17N3O2S2. The monoisotopic (exact) mass is 371 g/mol. The smallest absolute Gasteiger partial charge is 0.277 e. The van der Waals surface area contributed by atoms with Crippen LogP contribution >= 0.6 is 23.5 Å². The van der Waals surface area contributed by atoms with Gasteiger partial charge in [0.1, 0.15) is 0 Å². The summed E-state index contributed by atoms with van der Waals surface area (Å²) in [5.74, 6) is 0.342. The van der Waals surface area contributed by atoms with Crippen LogP contribution in [0.1, 0.15) is 6.92 Å². The van der Waals surface area contributed by atoms with E-state index in [0.717, 1.165) is 16.1 Å². The third-order valence-corrected chi connectivity index (χ3v) is 5.17. The lowest BCUT2D eigenvalue weighted by molar-refractivity contribution is -0.115. The van der Waals surface area contributed by atoms with E-state index in [1.807, 2.05) is 67.8 Å². The molecule has 25 heavy (non-hydrogen) atoms. The van der Waals surface area contributed by atoms with Gasteiger partial charge in [0.2, 0.25) is 11.8 Å². The largest absolute Gasteiger partial charge is 0.411 e. The van der Waals surface area contributed by atoms with Crippen molar-refractivity contribution in [1.82, 2.24) is 10.2 Å². The third kappa shape index (κ3) is 4.43. The third-order valence-electron chi connectivity index (χ3n) is 3.44. The van der Waals surface area contributed by atoms with Gasteiger partial charge in [-0.3, -0.25) is 4.79 Å². The van der Waals surface area contributed by atoms with Crippen molar-refractivity contribution in [2.45, 2.75) is 22.3 Å². The van der Waals surface area contributed by atoms with Gasteiger partial charge in [-0.15, -0.1) is 22.0 Å². The van der Waals surface area contributed by atoms with Gasteiger partial charge in [0.05, 0.1) is 10.9 Å². The van der Waals surface area contributed by atoms with Crippen LogP contribution in [0.4, 0.5) is 5.69 Å². The number of carbonyl (C=O) groups excluding carboxylic acids is 1. The molecule has 0 aliphatic heterocycles. The maximum atomic E-state index is 12.4. The Hall–Kier alpha value is -2.25. The maximum absolute atomic E-state index is 12.4. The number of hydrogen-bond donors (Lipinski definition) is 1. The number of amides is 1. The van der Waals surface area contributed by atoms with E-state index in [1.54, 1.807) is 11.8 Å². The van der Waals surface area contributed by atoms with Crippen LogP contribution in [0, 0.1) is 0 Å². The molecule has 0 aliphatic carbocycles. The highest BCUT2D eigenvalue weighted by molar-refractivity contribution is 8.00. The molecule has 2 aromatic carbocycles. The molecule has 0 fully saturated rings. The molecule has 3 aromatic rings. The molecule has 0 aliphatic rings. The Kier molecular flexibility index (Phi) is 5.78. The van der Waals surface area contributed by atoms with Crippen molar-refractivity contribution >= 4 is 35.1 Å². The molecule has 1 aromatic heterocycles. The lowest BCUT2D eigenvalue weighted by Crippen LogP contribution is -2.22. The van der Waals surface area contributed by atoms with Crippen LogP contribution in [-0.2, 0) is 4.79 Å². The average Bonchev–Trinajstić information content (AvgIpc) is 3.11. The highest BCUT2D eigenvalue weighted by Gasteiger charge is 2.19. The van der Waals surface area contributed by atoms with Crippen LogP contribution in [-0.4, -0.2) is 27.6 Å². The van der Waals surface area contributed by atoms with Crippen LogP contribution in [0.15, 0.2) is 69.1 Å². The van der Waals surface area contributed by atoms with Gasteiger partial charge < -0.3 is 9.73 Å². The maximum Gasteiger partial charge on any atom is 0.277 e. The number of aromatic nitrogens is 2. The number of thioether (sulfide) groups is 2. The number of nitrogens with zero attached hydrogens (tertiary/aromatic N) is 2. The van der Waals surface area contributed by atoms with Gasteiger partial charge in [0, 0.05) is 10.5 Å². The van der Waals surface area contributed by atoms with E-state index in [0.29, 0.717) is 11.1 Å². The van der Waals surface area contributed by atoms with Crippen LogP contribution in [0.3, 0.4) is 0 Å². The predicted octanol–water partition coefficient (Wildman–Crippen LogP) is 4.58. The molecule has 0 bridgehead atoms. The second-order valence-electron chi connectivity index (χ2n) is 5.19. The van der Waals surface area contributed by atoms with Gasteiger partial charge >= 0.3 is 0 Å². The first-order valence-corrected chi connectivity index (χ1v) is 9.77. The normalized spacial score (nSPS) is 11.9. The van der Waals surface area contributed by atoms with Crippen LogP contribution in [0.5, 0.6) is 0 Å². The Morgan fingerprint density at radius 2 is 1.80 bits per heavy atom. The van der Waals surface area contributed by atoms with Crippen LogP contribution in [0.25, 0.3) is 11.5 Å². The van der Waals surface area contributed by atoms with Crippen molar-refractivity contribution in [2.24, 2.45) is 0 Å². The second-order valence-corrected chi connectivity index (χ2v) is 7.33. The molecule has 1 atom stereocenters. The van der Waals surface area contributed by atoms with Gasteiger partial charge in [-0.1, -0.05) is 42.1 Å². The summed E-state index contributed by atoms with van der Waals surface area (Å²) in [5.41, 5.74) is 1.66. The van der Waals surface area contributed by atoms with Gasteiger partial charge in [-0.05, 0) is 37.4 Å². The summed E-state index contributed by atoms with van der Waals surface area (Å²) in [6.07, 6.45) is 1.98. The number of hydrogen-bond acceptors (Lipinski definition) is 6. The van der Waals surface area contributed by atoms with E-state index in [-0.39, 0.29) is 11.2 Å². The standard InChI is InChI=1S/C18H17N3O2S2/c1-12(16(22)19-14-10-6-7-11-15(14)24-2)25-18-21-20-17(23-18)13-8-4-3-5-9-13/h3-12H,1-2H3,(H,19,22). The zero-order valence-electron chi connectivity index (χ0n) is 13.8. The minimum Gasteiger partial charge on any atom is -0.411 e. The molecule has 0 saturated carbocycles. The summed E-state index contributed by atoms with van der Waals surface area (Å²) < 4.78 is 5.64. The predicted molar refractivity (Wildman–Crippen MR) is 102 cm³/mol. The Morgan fingerprint density at radius 3 is 2.56 bits per heavy atom. The number of carbonyl (C=O) groups is 1. The van der Waals surface area contributed by atoms with E-state index in [4.69, 9.17) is 4.42 Å². The topological polar surface area (TPSA) is 68.0 Å². The lowest BCUT2D eigenvalue weighted by Gasteiger charge is -2.12. The molecule has 1 heterocycles. The molecule has 7 heteroatoms. The lowest BCUT2D eigenvalue weighted by atomic mass is 10.2. The summed E-state index contributed by atoms with van der Waals surface area (Å²) in [5, 5.41) is 11.0. The van der Waals surface area contributed by atoms with Gasteiger partial charge in [-0.2, -0.15) is 0 Å². The van der Waals surface area contributed by atoms with E-state index in [9.17, 15) is 4.79 Å². The zero-order chi connectivity index (χ0) is 17.6. The first kappa shape index (κ1) is 17.6. The number of anilines is 1. The Bertz CT molecular complexity index is 852. The molecule has 1 amide bonds. The van der Waals surface area contributed by atoms with E-state index >= 15 is 0 Å². The highest BCUT2D eigenvalue weighted by atomic mass is 32.2. The minimum atomic E-state index is -0.362. The number of para-hydroxylation sites is 1. The molecule has 3 rings (SSSR count). The molecule has 0 radical (unpaired) electrons. The van der Waals surface area contributed by atoms with E-state index < -0.39 is 0 Å². The van der Waals surface area contributed by atoms with Crippen molar-refractivity contribution in [2.75, 3.05) is 11.6 Å². The second kappa shape index (κ2) is 8.22. The molecule has 1 N–H and O–H groups in total. The van der Waals surface area contributed by atoms with Gasteiger partial charge in [-0.25, -0.2) is 0 Å². The fraction of sp³-hybridized carbons (Fsp3) is 0.167. The first-order valence-electron chi connectivity index (χ1n) is 7.67. The van der Waals surface area contributed by atoms with Crippen LogP contribution in [0.2, 0.25) is 0 Å². The zero-order valence-corrected chi connectivity index (χ0v) is 15.4. The Morgan fingerprint density at radius 1 is 1.08 bits per heavy atom. The molecular weight excluding hydrogens is 354 g/mol. The summed E-state index contributed by atoms with van der Waals surface area (Å²) >= 11 is 2.83. The van der Waals surface area contributed by atoms with Gasteiger partial charge in [0.15, 0.2) is 0 Å². The fourth-order valence-electron chi connectivity index (χ4n) is 2.14. The molecule has 0 spiro atoms. The molecule has 0 saturated heterocycles. The molecule has 5 nitrogen and oxygen atoms in total. The SMILES string of the molecule is CSc1ccccc1NC(=O)C(C)Sc1nnc(-c2ccccc2)o1. The molecule has 1 unspecified atom stereocenters. The first-order chi connectivity index (χ1) is 12.2. The van der Waals surface area contributed by atoms with Gasteiger partial charge in [0.25, 0.3) is 5.22 Å². The van der Waals surface area contributed by atoms with Crippen LogP contribution < -0.4 is 5.32 Å². The fourth-order valence-corrected chi connectivity index (χ4v) is 3.38. The summed E-state index contributed by atoms with van der Waals surface area (Å²) in [4.78, 5) is 13.5. The Balaban J connectivity index is 1.65. The highest BCUT2D eigenvalue weighted by Crippen LogP contribution is 2.28. The Labute approximate surface area is 154 Å². The summed E-state index contributed by atoms with van der Waals surface area (Å²) in [7, 11) is 0. The van der Waals surface area contributed by atoms with E-state index in [2.05, 4.69) is 15.5 Å². The van der Waals surface area contributed by atoms with E-state index in [1.165, 1.54) is 11.8 Å². The number of nitrogens with one attached hydrogen (secondary N) is 1. The minimum absolute atomic E-state index is 0.106. The van der Waals surface area contributed by atoms with Crippen molar-refractivity contribution in [3.05, 3.63) is 54.6 Å². The molecule has 128 valence electrons. The number of benzene rings is 2. The van der Waals surface area contributed by atoms with Crippen molar-refractivity contribution < 1.29 is 9.21 Å². The number of rotatable bonds is 6.